The van der Waals surface area contributed by atoms with E-state index in [9.17, 15) is 23.3 Å². The Morgan fingerprint density at radius 1 is 1.41 bits per heavy atom. The Balaban J connectivity index is 0.00000242. The third kappa shape index (κ3) is 3.32. The Bertz CT molecular complexity index is 723. The molecule has 1 heterocycles. The maximum absolute atomic E-state index is 12.6. The van der Waals surface area contributed by atoms with Crippen LogP contribution in [0.3, 0.4) is 0 Å². The first-order valence-corrected chi connectivity index (χ1v) is 7.78. The molecule has 1 aliphatic heterocycles. The number of amides is 1. The molecule has 0 aromatic heterocycles. The number of carbonyl (C=O) groups is 1. The van der Waals surface area contributed by atoms with Crippen molar-refractivity contribution in [2.75, 3.05) is 19.6 Å². The van der Waals surface area contributed by atoms with Gasteiger partial charge in [-0.2, -0.15) is 0 Å². The molecule has 0 saturated carbocycles. The summed E-state index contributed by atoms with van der Waals surface area (Å²) in [6.45, 7) is 1.50. The fraction of sp³-hybridized carbons (Fsp3) is 0.364. The molecule has 1 fully saturated rings. The Hall–Kier alpha value is -1.42. The second kappa shape index (κ2) is 6.78. The van der Waals surface area contributed by atoms with Crippen molar-refractivity contribution in [3.63, 3.8) is 0 Å². The first-order chi connectivity index (χ1) is 9.75. The molecule has 8 nitrogen and oxygen atoms in total. The lowest BCUT2D eigenvalue weighted by Gasteiger charge is -2.27. The van der Waals surface area contributed by atoms with Gasteiger partial charge >= 0.3 is 0 Å². The smallest absolute Gasteiger partial charge is 0.291 e. The van der Waals surface area contributed by atoms with E-state index in [-0.39, 0.29) is 36.1 Å². The highest BCUT2D eigenvalue weighted by atomic mass is 35.5. The van der Waals surface area contributed by atoms with Crippen molar-refractivity contribution >= 4 is 45.6 Å². The van der Waals surface area contributed by atoms with Gasteiger partial charge in [-0.15, -0.1) is 12.4 Å². The zero-order valence-electron chi connectivity index (χ0n) is 11.4. The number of hydrogen-bond acceptors (Lipinski definition) is 6. The van der Waals surface area contributed by atoms with Gasteiger partial charge in [0.25, 0.3) is 15.7 Å². The molecule has 0 atom stereocenters. The first-order valence-electron chi connectivity index (χ1n) is 5.96. The SMILES string of the molecule is Cc1cc(Cl)cc([N+](=O)[O-])c1S(=O)(=O)N1CCNCC1=O.Cl. The normalized spacial score (nSPS) is 15.4. The third-order valence-electron chi connectivity index (χ3n) is 3.01. The van der Waals surface area contributed by atoms with Gasteiger partial charge in [0.15, 0.2) is 4.90 Å². The van der Waals surface area contributed by atoms with Crippen molar-refractivity contribution in [3.05, 3.63) is 32.8 Å². The van der Waals surface area contributed by atoms with Gasteiger partial charge in [0.1, 0.15) is 0 Å². The molecule has 2 rings (SSSR count). The average molecular weight is 370 g/mol. The number of nitro groups is 1. The summed E-state index contributed by atoms with van der Waals surface area (Å²) in [7, 11) is -4.29. The molecular formula is C11H13Cl2N3O5S. The highest BCUT2D eigenvalue weighted by molar-refractivity contribution is 7.89. The van der Waals surface area contributed by atoms with Crippen LogP contribution < -0.4 is 5.32 Å². The van der Waals surface area contributed by atoms with E-state index in [0.29, 0.717) is 10.8 Å². The van der Waals surface area contributed by atoms with Crippen LogP contribution in [-0.2, 0) is 14.8 Å². The molecule has 1 aliphatic rings. The van der Waals surface area contributed by atoms with Gasteiger partial charge in [-0.25, -0.2) is 12.7 Å². The maximum atomic E-state index is 12.6. The van der Waals surface area contributed by atoms with E-state index in [2.05, 4.69) is 5.32 Å². The van der Waals surface area contributed by atoms with Crippen molar-refractivity contribution in [2.24, 2.45) is 0 Å². The van der Waals surface area contributed by atoms with Crippen molar-refractivity contribution < 1.29 is 18.1 Å². The van der Waals surface area contributed by atoms with Crippen LogP contribution in [0.1, 0.15) is 5.56 Å². The predicted octanol–water partition coefficient (Wildman–Crippen LogP) is 1.10. The topological polar surface area (TPSA) is 110 Å². The lowest BCUT2D eigenvalue weighted by molar-refractivity contribution is -0.387. The van der Waals surface area contributed by atoms with E-state index in [4.69, 9.17) is 11.6 Å². The minimum atomic E-state index is -4.29. The van der Waals surface area contributed by atoms with Gasteiger partial charge in [-0.3, -0.25) is 14.9 Å². The van der Waals surface area contributed by atoms with Crippen LogP contribution in [0.4, 0.5) is 5.69 Å². The highest BCUT2D eigenvalue weighted by Crippen LogP contribution is 2.33. The molecule has 1 N–H and O–H groups in total. The lowest BCUT2D eigenvalue weighted by Crippen LogP contribution is -2.50. The zero-order valence-corrected chi connectivity index (χ0v) is 13.8. The fourth-order valence-electron chi connectivity index (χ4n) is 2.14. The molecule has 122 valence electrons. The Kier molecular flexibility index (Phi) is 5.74. The molecule has 1 amide bonds. The van der Waals surface area contributed by atoms with E-state index < -0.39 is 31.4 Å². The van der Waals surface area contributed by atoms with Crippen molar-refractivity contribution in [1.82, 2.24) is 9.62 Å². The second-order valence-electron chi connectivity index (χ2n) is 4.48. The number of sulfonamides is 1. The molecule has 1 saturated heterocycles. The number of halogens is 2. The first kappa shape index (κ1) is 18.6. The van der Waals surface area contributed by atoms with Crippen LogP contribution in [0.15, 0.2) is 17.0 Å². The number of carbonyl (C=O) groups excluding carboxylic acids is 1. The zero-order chi connectivity index (χ0) is 15.8. The standard InChI is InChI=1S/C11H12ClN3O5S.ClH/c1-7-4-8(12)5-9(15(17)18)11(7)21(19,20)14-3-2-13-6-10(14)16;/h4-5,13H,2-3,6H2,1H3;1H. The fourth-order valence-corrected chi connectivity index (χ4v) is 4.15. The van der Waals surface area contributed by atoms with Crippen LogP contribution in [0.2, 0.25) is 5.02 Å². The maximum Gasteiger partial charge on any atom is 0.291 e. The Morgan fingerprint density at radius 3 is 2.59 bits per heavy atom. The number of aryl methyl sites for hydroxylation is 1. The number of benzene rings is 1. The van der Waals surface area contributed by atoms with Gasteiger partial charge in [-0.05, 0) is 18.6 Å². The number of nitrogens with one attached hydrogen (secondary N) is 1. The molecule has 0 bridgehead atoms. The molecule has 0 spiro atoms. The summed E-state index contributed by atoms with van der Waals surface area (Å²) in [5, 5.41) is 13.9. The molecule has 11 heteroatoms. The van der Waals surface area contributed by atoms with Crippen LogP contribution in [0.5, 0.6) is 0 Å². The Labute approximate surface area is 138 Å². The summed E-state index contributed by atoms with van der Waals surface area (Å²) < 4.78 is 25.8. The summed E-state index contributed by atoms with van der Waals surface area (Å²) in [6.07, 6.45) is 0. The van der Waals surface area contributed by atoms with Crippen LogP contribution in [0, 0.1) is 17.0 Å². The molecule has 1 aromatic rings. The number of rotatable bonds is 3. The number of nitrogens with zero attached hydrogens (tertiary/aromatic N) is 2. The average Bonchev–Trinajstić information content (AvgIpc) is 2.37. The van der Waals surface area contributed by atoms with E-state index in [1.807, 2.05) is 0 Å². The van der Waals surface area contributed by atoms with Gasteiger partial charge in [0, 0.05) is 24.2 Å². The minimum absolute atomic E-state index is 0. The largest absolute Gasteiger partial charge is 0.307 e. The molecule has 0 radical (unpaired) electrons. The van der Waals surface area contributed by atoms with E-state index in [1.165, 1.54) is 13.0 Å². The summed E-state index contributed by atoms with van der Waals surface area (Å²) >= 11 is 5.74. The summed E-state index contributed by atoms with van der Waals surface area (Å²) in [4.78, 5) is 21.6. The molecule has 22 heavy (non-hydrogen) atoms. The van der Waals surface area contributed by atoms with Crippen molar-refractivity contribution in [1.29, 1.82) is 0 Å². The minimum Gasteiger partial charge on any atom is -0.307 e. The number of nitro benzene ring substituents is 1. The highest BCUT2D eigenvalue weighted by Gasteiger charge is 2.37. The summed E-state index contributed by atoms with van der Waals surface area (Å²) in [6, 6.07) is 2.28. The van der Waals surface area contributed by atoms with Crippen LogP contribution >= 0.6 is 24.0 Å². The second-order valence-corrected chi connectivity index (χ2v) is 6.71. The molecule has 1 aromatic carbocycles. The number of piperazine rings is 1. The van der Waals surface area contributed by atoms with Gasteiger partial charge in [0.05, 0.1) is 11.5 Å². The number of hydrogen-bond donors (Lipinski definition) is 1. The van der Waals surface area contributed by atoms with Gasteiger partial charge < -0.3 is 5.32 Å². The lowest BCUT2D eigenvalue weighted by atomic mass is 10.2. The predicted molar refractivity (Wildman–Crippen MR) is 81.9 cm³/mol. The third-order valence-corrected chi connectivity index (χ3v) is 5.24. The summed E-state index contributed by atoms with van der Waals surface area (Å²) in [5.41, 5.74) is -0.508. The summed E-state index contributed by atoms with van der Waals surface area (Å²) in [5.74, 6) is -0.648. The van der Waals surface area contributed by atoms with E-state index >= 15 is 0 Å². The Morgan fingerprint density at radius 2 is 2.05 bits per heavy atom. The molecule has 0 unspecified atom stereocenters. The van der Waals surface area contributed by atoms with Crippen molar-refractivity contribution in [2.45, 2.75) is 11.8 Å². The monoisotopic (exact) mass is 369 g/mol. The van der Waals surface area contributed by atoms with E-state index in [0.717, 1.165) is 6.07 Å². The van der Waals surface area contributed by atoms with Gasteiger partial charge in [0.2, 0.25) is 5.91 Å². The van der Waals surface area contributed by atoms with Gasteiger partial charge in [-0.1, -0.05) is 11.6 Å². The molecular weight excluding hydrogens is 357 g/mol. The molecule has 0 aliphatic carbocycles. The quantitative estimate of drug-likeness (QED) is 0.630. The van der Waals surface area contributed by atoms with Crippen LogP contribution in [0.25, 0.3) is 0 Å². The van der Waals surface area contributed by atoms with Crippen LogP contribution in [-0.4, -0.2) is 43.2 Å². The van der Waals surface area contributed by atoms with Crippen molar-refractivity contribution in [3.8, 4) is 0 Å². The van der Waals surface area contributed by atoms with E-state index in [1.54, 1.807) is 0 Å².